The van der Waals surface area contributed by atoms with Gasteiger partial charge in [-0.25, -0.2) is 4.39 Å². The summed E-state index contributed by atoms with van der Waals surface area (Å²) in [5, 5.41) is 2.78. The molecular weight excluding hydrogens is 481 g/mol. The van der Waals surface area contributed by atoms with Gasteiger partial charge in [-0.05, 0) is 54.6 Å². The number of amides is 1. The molecule has 0 unspecified atom stereocenters. The number of para-hydroxylation sites is 1. The van der Waals surface area contributed by atoms with E-state index in [1.165, 1.54) is 6.07 Å². The molecular formula is C27H28FN3O4S. The molecule has 0 atom stereocenters. The molecule has 1 aliphatic rings. The summed E-state index contributed by atoms with van der Waals surface area (Å²) >= 11 is 5.73. The van der Waals surface area contributed by atoms with E-state index in [9.17, 15) is 9.18 Å². The molecule has 1 aliphatic heterocycles. The predicted octanol–water partition coefficient (Wildman–Crippen LogP) is 4.36. The predicted molar refractivity (Wildman–Crippen MR) is 142 cm³/mol. The quantitative estimate of drug-likeness (QED) is 0.453. The molecule has 1 amide bonds. The van der Waals surface area contributed by atoms with Crippen LogP contribution < -0.4 is 24.4 Å². The van der Waals surface area contributed by atoms with Crippen LogP contribution >= 0.6 is 12.2 Å². The Morgan fingerprint density at radius 1 is 0.944 bits per heavy atom. The third-order valence-corrected chi connectivity index (χ3v) is 6.40. The van der Waals surface area contributed by atoms with Crippen LogP contribution in [0.15, 0.2) is 66.7 Å². The van der Waals surface area contributed by atoms with Crippen molar-refractivity contribution < 1.29 is 23.4 Å². The van der Waals surface area contributed by atoms with Crippen molar-refractivity contribution in [1.82, 2.24) is 4.90 Å². The molecule has 0 aliphatic carbocycles. The molecule has 0 aromatic heterocycles. The van der Waals surface area contributed by atoms with E-state index in [0.29, 0.717) is 59.8 Å². The summed E-state index contributed by atoms with van der Waals surface area (Å²) in [5.74, 6) is 1.12. The van der Waals surface area contributed by atoms with Gasteiger partial charge in [0, 0.05) is 37.4 Å². The Labute approximate surface area is 215 Å². The normalized spacial score (nSPS) is 13.2. The van der Waals surface area contributed by atoms with Crippen LogP contribution in [-0.4, -0.2) is 62.8 Å². The second-order valence-corrected chi connectivity index (χ2v) is 8.55. The van der Waals surface area contributed by atoms with Crippen LogP contribution in [0.2, 0.25) is 0 Å². The first-order valence-electron chi connectivity index (χ1n) is 11.5. The zero-order chi connectivity index (χ0) is 25.5. The number of benzene rings is 3. The van der Waals surface area contributed by atoms with Gasteiger partial charge < -0.3 is 29.3 Å². The van der Waals surface area contributed by atoms with Gasteiger partial charge in [-0.3, -0.25) is 4.79 Å². The highest BCUT2D eigenvalue weighted by Crippen LogP contribution is 2.29. The summed E-state index contributed by atoms with van der Waals surface area (Å²) in [7, 11) is 3.13. The van der Waals surface area contributed by atoms with Crippen LogP contribution in [0.4, 0.5) is 15.8 Å². The molecule has 188 valence electrons. The van der Waals surface area contributed by atoms with Gasteiger partial charge in [0.2, 0.25) is 0 Å². The number of hydrogen-bond acceptors (Lipinski definition) is 6. The monoisotopic (exact) mass is 509 g/mol. The molecule has 1 heterocycles. The zero-order valence-electron chi connectivity index (χ0n) is 20.2. The van der Waals surface area contributed by atoms with Gasteiger partial charge in [-0.15, -0.1) is 0 Å². The van der Waals surface area contributed by atoms with Crippen LogP contribution in [0, 0.1) is 5.82 Å². The van der Waals surface area contributed by atoms with Gasteiger partial charge in [0.15, 0.2) is 18.1 Å². The number of halogens is 1. The summed E-state index contributed by atoms with van der Waals surface area (Å²) in [6.07, 6.45) is 0. The zero-order valence-corrected chi connectivity index (χ0v) is 21.0. The van der Waals surface area contributed by atoms with E-state index in [-0.39, 0.29) is 18.3 Å². The lowest BCUT2D eigenvalue weighted by Crippen LogP contribution is -2.48. The van der Waals surface area contributed by atoms with Crippen molar-refractivity contribution in [2.75, 3.05) is 57.2 Å². The number of anilines is 2. The Kier molecular flexibility index (Phi) is 8.22. The number of piperazine rings is 1. The van der Waals surface area contributed by atoms with Crippen molar-refractivity contribution in [1.29, 1.82) is 0 Å². The molecule has 3 aromatic rings. The van der Waals surface area contributed by atoms with Gasteiger partial charge in [-0.1, -0.05) is 24.4 Å². The van der Waals surface area contributed by atoms with Crippen molar-refractivity contribution in [3.8, 4) is 17.2 Å². The molecule has 7 nitrogen and oxygen atoms in total. The largest absolute Gasteiger partial charge is 0.497 e. The maximum atomic E-state index is 14.1. The molecule has 1 saturated heterocycles. The Morgan fingerprint density at radius 2 is 1.67 bits per heavy atom. The minimum atomic E-state index is -0.297. The minimum Gasteiger partial charge on any atom is -0.497 e. The van der Waals surface area contributed by atoms with Crippen LogP contribution in [-0.2, 0) is 4.79 Å². The highest BCUT2D eigenvalue weighted by atomic mass is 32.1. The molecule has 0 bridgehead atoms. The average Bonchev–Trinajstić information content (AvgIpc) is 2.92. The van der Waals surface area contributed by atoms with E-state index in [1.807, 2.05) is 23.1 Å². The molecule has 36 heavy (non-hydrogen) atoms. The summed E-state index contributed by atoms with van der Waals surface area (Å²) in [6, 6.07) is 19.2. The Bertz CT molecular complexity index is 1210. The van der Waals surface area contributed by atoms with E-state index >= 15 is 0 Å². The first-order chi connectivity index (χ1) is 17.5. The van der Waals surface area contributed by atoms with Crippen molar-refractivity contribution in [2.45, 2.75) is 0 Å². The van der Waals surface area contributed by atoms with Crippen molar-refractivity contribution in [3.05, 3.63) is 78.1 Å². The van der Waals surface area contributed by atoms with Crippen LogP contribution in [0.25, 0.3) is 0 Å². The SMILES string of the molecule is COc1ccc(NC(=O)COc2ccc(C(=S)N3CCN(c4ccccc4F)CC3)cc2OC)cc1. The number of ether oxygens (including phenoxy) is 3. The smallest absolute Gasteiger partial charge is 0.262 e. The van der Waals surface area contributed by atoms with Crippen molar-refractivity contribution in [3.63, 3.8) is 0 Å². The highest BCUT2D eigenvalue weighted by Gasteiger charge is 2.22. The standard InChI is InChI=1S/C27H28FN3O4S/c1-33-21-10-8-20(9-11-21)29-26(32)18-35-24-12-7-19(17-25(24)34-2)27(36)31-15-13-30(14-16-31)23-6-4-3-5-22(23)28/h3-12,17H,13-16,18H2,1-2H3,(H,29,32). The fourth-order valence-corrected chi connectivity index (χ4v) is 4.29. The Balaban J connectivity index is 1.33. The number of nitrogens with zero attached hydrogens (tertiary/aromatic N) is 2. The lowest BCUT2D eigenvalue weighted by Gasteiger charge is -2.37. The molecule has 0 spiro atoms. The fourth-order valence-electron chi connectivity index (χ4n) is 3.98. The summed E-state index contributed by atoms with van der Waals surface area (Å²) in [5.41, 5.74) is 2.07. The molecule has 1 N–H and O–H groups in total. The number of rotatable bonds is 8. The van der Waals surface area contributed by atoms with Crippen molar-refractivity contribution >= 4 is 34.5 Å². The van der Waals surface area contributed by atoms with E-state index in [1.54, 1.807) is 56.7 Å². The van der Waals surface area contributed by atoms with Crippen LogP contribution in [0.1, 0.15) is 5.56 Å². The fraction of sp³-hybridized carbons (Fsp3) is 0.259. The maximum absolute atomic E-state index is 14.1. The van der Waals surface area contributed by atoms with E-state index in [4.69, 9.17) is 26.4 Å². The van der Waals surface area contributed by atoms with Crippen molar-refractivity contribution in [2.24, 2.45) is 0 Å². The second-order valence-electron chi connectivity index (χ2n) is 8.16. The molecule has 0 radical (unpaired) electrons. The van der Waals surface area contributed by atoms with Gasteiger partial charge in [0.05, 0.1) is 19.9 Å². The van der Waals surface area contributed by atoms with E-state index in [2.05, 4.69) is 10.2 Å². The number of nitrogens with one attached hydrogen (secondary N) is 1. The van der Waals surface area contributed by atoms with Gasteiger partial charge >= 0.3 is 0 Å². The number of hydrogen-bond donors (Lipinski definition) is 1. The number of methoxy groups -OCH3 is 2. The molecule has 4 rings (SSSR count). The van der Waals surface area contributed by atoms with Crippen LogP contribution in [0.3, 0.4) is 0 Å². The van der Waals surface area contributed by atoms with E-state index in [0.717, 1.165) is 5.56 Å². The average molecular weight is 510 g/mol. The topological polar surface area (TPSA) is 63.3 Å². The molecule has 0 saturated carbocycles. The third-order valence-electron chi connectivity index (χ3n) is 5.90. The van der Waals surface area contributed by atoms with Gasteiger partial charge in [0.1, 0.15) is 16.6 Å². The minimum absolute atomic E-state index is 0.176. The third kappa shape index (κ3) is 6.04. The summed E-state index contributed by atoms with van der Waals surface area (Å²) in [6.45, 7) is 2.52. The van der Waals surface area contributed by atoms with Crippen LogP contribution in [0.5, 0.6) is 17.2 Å². The molecule has 9 heteroatoms. The highest BCUT2D eigenvalue weighted by molar-refractivity contribution is 7.80. The number of carbonyl (C=O) groups excluding carboxylic acids is 1. The lowest BCUT2D eigenvalue weighted by atomic mass is 10.1. The number of carbonyl (C=O) groups is 1. The van der Waals surface area contributed by atoms with E-state index < -0.39 is 0 Å². The number of thiocarbonyl (C=S) groups is 1. The summed E-state index contributed by atoms with van der Waals surface area (Å²) < 4.78 is 30.4. The van der Waals surface area contributed by atoms with Gasteiger partial charge in [0.25, 0.3) is 5.91 Å². The molecule has 1 fully saturated rings. The first kappa shape index (κ1) is 25.2. The van der Waals surface area contributed by atoms with Gasteiger partial charge in [-0.2, -0.15) is 0 Å². The maximum Gasteiger partial charge on any atom is 0.262 e. The second kappa shape index (κ2) is 11.7. The first-order valence-corrected chi connectivity index (χ1v) is 11.9. The Hall–Kier alpha value is -3.85. The lowest BCUT2D eigenvalue weighted by molar-refractivity contribution is -0.118. The molecule has 3 aromatic carbocycles. The summed E-state index contributed by atoms with van der Waals surface area (Å²) in [4.78, 5) is 17.1. The Morgan fingerprint density at radius 3 is 2.33 bits per heavy atom.